The van der Waals surface area contributed by atoms with Gasteiger partial charge >= 0.3 is 0 Å². The normalized spacial score (nSPS) is 18.3. The SMILES string of the molecule is CCCN1C(=O)C(O)=C(C(=O)CC)C1c1c[nH]c2ccccc12. The molecule has 120 valence electrons. The molecule has 2 N–H and O–H groups in total. The highest BCUT2D eigenvalue weighted by atomic mass is 16.3. The van der Waals surface area contributed by atoms with Crippen LogP contribution in [0.3, 0.4) is 0 Å². The molecule has 2 aromatic rings. The Hall–Kier alpha value is -2.56. The number of rotatable bonds is 5. The lowest BCUT2D eigenvalue weighted by Crippen LogP contribution is -2.31. The first-order valence-corrected chi connectivity index (χ1v) is 7.93. The summed E-state index contributed by atoms with van der Waals surface area (Å²) in [7, 11) is 0. The van der Waals surface area contributed by atoms with Gasteiger partial charge in [-0.1, -0.05) is 32.0 Å². The monoisotopic (exact) mass is 312 g/mol. The Balaban J connectivity index is 2.19. The topological polar surface area (TPSA) is 73.4 Å². The number of benzene rings is 1. The Morgan fingerprint density at radius 2 is 2.04 bits per heavy atom. The van der Waals surface area contributed by atoms with Crippen LogP contribution in [0.5, 0.6) is 0 Å². The highest BCUT2D eigenvalue weighted by Crippen LogP contribution is 2.40. The number of Topliss-reactive ketones (excluding diaryl/α,β-unsaturated/α-hetero) is 1. The zero-order chi connectivity index (χ0) is 16.6. The first-order valence-electron chi connectivity index (χ1n) is 7.93. The second-order valence-electron chi connectivity index (χ2n) is 5.73. The molecule has 1 unspecified atom stereocenters. The molecule has 0 radical (unpaired) electrons. The molecule has 0 saturated carbocycles. The van der Waals surface area contributed by atoms with Crippen LogP contribution >= 0.6 is 0 Å². The van der Waals surface area contributed by atoms with Crippen molar-refractivity contribution in [2.45, 2.75) is 32.7 Å². The van der Waals surface area contributed by atoms with Gasteiger partial charge in [0, 0.05) is 35.6 Å². The summed E-state index contributed by atoms with van der Waals surface area (Å²) in [6.07, 6.45) is 2.84. The van der Waals surface area contributed by atoms with E-state index < -0.39 is 17.7 Å². The van der Waals surface area contributed by atoms with Crippen LogP contribution in [0.25, 0.3) is 10.9 Å². The molecule has 2 heterocycles. The molecule has 0 bridgehead atoms. The summed E-state index contributed by atoms with van der Waals surface area (Å²) >= 11 is 0. The second kappa shape index (κ2) is 5.91. The number of para-hydroxylation sites is 1. The maximum atomic E-state index is 12.4. The van der Waals surface area contributed by atoms with Crippen LogP contribution in [0, 0.1) is 0 Å². The molecule has 0 saturated heterocycles. The van der Waals surface area contributed by atoms with Crippen molar-refractivity contribution in [3.8, 4) is 0 Å². The second-order valence-corrected chi connectivity index (χ2v) is 5.73. The number of aliphatic hydroxyl groups is 1. The van der Waals surface area contributed by atoms with Gasteiger partial charge in [0.05, 0.1) is 11.6 Å². The van der Waals surface area contributed by atoms with E-state index in [4.69, 9.17) is 0 Å². The number of hydrogen-bond donors (Lipinski definition) is 2. The van der Waals surface area contributed by atoms with E-state index in [1.807, 2.05) is 37.4 Å². The Labute approximate surface area is 134 Å². The van der Waals surface area contributed by atoms with Crippen LogP contribution in [-0.2, 0) is 9.59 Å². The lowest BCUT2D eigenvalue weighted by molar-refractivity contribution is -0.129. The van der Waals surface area contributed by atoms with Crippen LogP contribution in [0.15, 0.2) is 41.8 Å². The molecule has 1 aromatic heterocycles. The molecular weight excluding hydrogens is 292 g/mol. The van der Waals surface area contributed by atoms with Gasteiger partial charge in [0.2, 0.25) is 0 Å². The van der Waals surface area contributed by atoms with Gasteiger partial charge in [-0.2, -0.15) is 0 Å². The van der Waals surface area contributed by atoms with Crippen molar-refractivity contribution in [2.75, 3.05) is 6.54 Å². The van der Waals surface area contributed by atoms with Crippen molar-refractivity contribution in [2.24, 2.45) is 0 Å². The van der Waals surface area contributed by atoms with Crippen LogP contribution in [0.2, 0.25) is 0 Å². The number of nitrogens with one attached hydrogen (secondary N) is 1. The van der Waals surface area contributed by atoms with Crippen LogP contribution in [0.4, 0.5) is 0 Å². The standard InChI is InChI=1S/C18H20N2O3/c1-3-9-20-16(15(14(21)4-2)17(22)18(20)23)12-10-19-13-8-6-5-7-11(12)13/h5-8,10,16,19,22H,3-4,9H2,1-2H3. The largest absolute Gasteiger partial charge is 0.503 e. The number of carbonyl (C=O) groups excluding carboxylic acids is 2. The molecule has 0 spiro atoms. The smallest absolute Gasteiger partial charge is 0.290 e. The van der Waals surface area contributed by atoms with Gasteiger partial charge in [0.15, 0.2) is 11.5 Å². The van der Waals surface area contributed by atoms with Crippen molar-refractivity contribution >= 4 is 22.6 Å². The number of aliphatic hydroxyl groups excluding tert-OH is 1. The number of aromatic amines is 1. The summed E-state index contributed by atoms with van der Waals surface area (Å²) in [6.45, 7) is 4.20. The fraction of sp³-hybridized carbons (Fsp3) is 0.333. The molecule has 1 aliphatic rings. The molecule has 23 heavy (non-hydrogen) atoms. The lowest BCUT2D eigenvalue weighted by atomic mass is 9.94. The quantitative estimate of drug-likeness (QED) is 0.890. The molecule has 1 aliphatic heterocycles. The van der Waals surface area contributed by atoms with E-state index in [9.17, 15) is 14.7 Å². The number of ketones is 1. The molecule has 0 fully saturated rings. The Kier molecular flexibility index (Phi) is 3.94. The summed E-state index contributed by atoms with van der Waals surface area (Å²) in [4.78, 5) is 29.6. The predicted octanol–water partition coefficient (Wildman–Crippen LogP) is 3.25. The van der Waals surface area contributed by atoms with Crippen molar-refractivity contribution in [3.63, 3.8) is 0 Å². The zero-order valence-corrected chi connectivity index (χ0v) is 13.3. The van der Waals surface area contributed by atoms with Gasteiger partial charge in [-0.15, -0.1) is 0 Å². The fourth-order valence-electron chi connectivity index (χ4n) is 3.24. The highest BCUT2D eigenvalue weighted by Gasteiger charge is 2.43. The lowest BCUT2D eigenvalue weighted by Gasteiger charge is -2.25. The minimum atomic E-state index is -0.522. The van der Waals surface area contributed by atoms with E-state index in [0.29, 0.717) is 6.54 Å². The van der Waals surface area contributed by atoms with Gasteiger partial charge in [-0.05, 0) is 12.5 Å². The Bertz CT molecular complexity index is 803. The molecular formula is C18H20N2O3. The minimum Gasteiger partial charge on any atom is -0.503 e. The van der Waals surface area contributed by atoms with E-state index in [1.54, 1.807) is 11.8 Å². The van der Waals surface area contributed by atoms with Crippen molar-refractivity contribution < 1.29 is 14.7 Å². The van der Waals surface area contributed by atoms with Crippen LogP contribution in [0.1, 0.15) is 38.3 Å². The van der Waals surface area contributed by atoms with Gasteiger partial charge < -0.3 is 15.0 Å². The first kappa shape index (κ1) is 15.3. The molecule has 0 aliphatic carbocycles. The predicted molar refractivity (Wildman–Crippen MR) is 88.0 cm³/mol. The highest BCUT2D eigenvalue weighted by molar-refractivity contribution is 6.09. The van der Waals surface area contributed by atoms with Gasteiger partial charge in [-0.3, -0.25) is 9.59 Å². The molecule has 5 nitrogen and oxygen atoms in total. The van der Waals surface area contributed by atoms with E-state index in [-0.39, 0.29) is 17.8 Å². The molecule has 1 atom stereocenters. The summed E-state index contributed by atoms with van der Waals surface area (Å²) in [5.74, 6) is -1.05. The minimum absolute atomic E-state index is 0.190. The third kappa shape index (κ3) is 2.32. The average molecular weight is 312 g/mol. The molecule has 3 rings (SSSR count). The third-order valence-electron chi connectivity index (χ3n) is 4.31. The third-order valence-corrected chi connectivity index (χ3v) is 4.31. The maximum Gasteiger partial charge on any atom is 0.290 e. The van der Waals surface area contributed by atoms with Crippen molar-refractivity contribution in [1.29, 1.82) is 0 Å². The number of carbonyl (C=O) groups is 2. The molecule has 5 heteroatoms. The van der Waals surface area contributed by atoms with E-state index in [1.165, 1.54) is 0 Å². The number of fused-ring (bicyclic) bond motifs is 1. The average Bonchev–Trinajstić information content (AvgIpc) is 3.09. The Morgan fingerprint density at radius 3 is 2.74 bits per heavy atom. The number of H-pyrrole nitrogens is 1. The fourth-order valence-corrected chi connectivity index (χ4v) is 3.24. The first-order chi connectivity index (χ1) is 11.1. The van der Waals surface area contributed by atoms with Gasteiger partial charge in [-0.25, -0.2) is 0 Å². The Morgan fingerprint density at radius 1 is 1.30 bits per heavy atom. The van der Waals surface area contributed by atoms with Gasteiger partial charge in [0.1, 0.15) is 0 Å². The summed E-state index contributed by atoms with van der Waals surface area (Å²) in [6, 6.07) is 7.23. The maximum absolute atomic E-state index is 12.4. The number of hydrogen-bond acceptors (Lipinski definition) is 3. The zero-order valence-electron chi connectivity index (χ0n) is 13.3. The van der Waals surface area contributed by atoms with Gasteiger partial charge in [0.25, 0.3) is 5.91 Å². The molecule has 1 aromatic carbocycles. The van der Waals surface area contributed by atoms with E-state index >= 15 is 0 Å². The summed E-state index contributed by atoms with van der Waals surface area (Å²) in [5, 5.41) is 11.2. The van der Waals surface area contributed by atoms with E-state index in [2.05, 4.69) is 4.98 Å². The van der Waals surface area contributed by atoms with E-state index in [0.717, 1.165) is 22.9 Å². The summed E-state index contributed by atoms with van der Waals surface area (Å²) < 4.78 is 0. The van der Waals surface area contributed by atoms with Crippen LogP contribution < -0.4 is 0 Å². The summed E-state index contributed by atoms with van der Waals surface area (Å²) in [5.41, 5.74) is 2.01. The van der Waals surface area contributed by atoms with Crippen molar-refractivity contribution in [3.05, 3.63) is 47.4 Å². The number of aromatic nitrogens is 1. The van der Waals surface area contributed by atoms with Crippen molar-refractivity contribution in [1.82, 2.24) is 9.88 Å². The number of amides is 1. The van der Waals surface area contributed by atoms with Crippen LogP contribution in [-0.4, -0.2) is 33.2 Å². The molecule has 1 amide bonds. The number of nitrogens with zero attached hydrogens (tertiary/aromatic N) is 1.